The van der Waals surface area contributed by atoms with E-state index >= 15 is 0 Å². The summed E-state index contributed by atoms with van der Waals surface area (Å²) in [4.78, 5) is 19.3. The molecule has 0 saturated carbocycles. The molecule has 1 amide bonds. The van der Waals surface area contributed by atoms with Crippen molar-refractivity contribution >= 4 is 39.7 Å². The van der Waals surface area contributed by atoms with Crippen LogP contribution in [0.25, 0.3) is 0 Å². The molecule has 3 heterocycles. The van der Waals surface area contributed by atoms with Crippen LogP contribution in [-0.2, 0) is 11.3 Å². The third-order valence-corrected chi connectivity index (χ3v) is 5.54. The van der Waals surface area contributed by atoms with Gasteiger partial charge in [-0.2, -0.15) is 0 Å². The largest absolute Gasteiger partial charge is 0.486 e. The number of rotatable bonds is 6. The summed E-state index contributed by atoms with van der Waals surface area (Å²) in [6, 6.07) is 8.99. The van der Waals surface area contributed by atoms with E-state index in [2.05, 4.69) is 25.4 Å². The molecule has 156 valence electrons. The number of aryl methyl sites for hydroxylation is 1. The molecule has 0 aliphatic carbocycles. The van der Waals surface area contributed by atoms with Gasteiger partial charge in [0.1, 0.15) is 12.4 Å². The third kappa shape index (κ3) is 5.05. The fourth-order valence-corrected chi connectivity index (χ4v) is 3.76. The molecule has 8 nitrogen and oxygen atoms in total. The zero-order chi connectivity index (χ0) is 20.9. The number of hydrogen-bond acceptors (Lipinski definition) is 8. The van der Waals surface area contributed by atoms with Crippen molar-refractivity contribution in [3.8, 4) is 5.75 Å². The van der Waals surface area contributed by atoms with Crippen molar-refractivity contribution in [3.05, 3.63) is 57.8 Å². The molecule has 1 aliphatic rings. The fraction of sp³-hybridized carbons (Fsp3) is 0.300. The first kappa shape index (κ1) is 20.5. The molecule has 1 fully saturated rings. The van der Waals surface area contributed by atoms with Crippen molar-refractivity contribution in [3.63, 3.8) is 0 Å². The number of nitrogens with zero attached hydrogens (tertiary/aromatic N) is 4. The molecule has 1 aromatic carbocycles. The maximum atomic E-state index is 12.9. The van der Waals surface area contributed by atoms with Crippen molar-refractivity contribution in [1.29, 1.82) is 0 Å². The molecule has 0 unspecified atom stereocenters. The Balaban J connectivity index is 1.42. The molecule has 0 spiro atoms. The molecule has 0 bridgehead atoms. The van der Waals surface area contributed by atoms with Crippen molar-refractivity contribution < 1.29 is 14.3 Å². The number of aromatic nitrogens is 3. The summed E-state index contributed by atoms with van der Waals surface area (Å²) in [7, 11) is 0. The van der Waals surface area contributed by atoms with Gasteiger partial charge in [0.05, 0.1) is 24.5 Å². The van der Waals surface area contributed by atoms with Crippen molar-refractivity contribution in [2.45, 2.75) is 13.5 Å². The van der Waals surface area contributed by atoms with Crippen LogP contribution in [0, 0.1) is 6.92 Å². The van der Waals surface area contributed by atoms with E-state index in [1.165, 1.54) is 11.3 Å². The van der Waals surface area contributed by atoms with Gasteiger partial charge < -0.3 is 14.4 Å². The van der Waals surface area contributed by atoms with E-state index in [-0.39, 0.29) is 12.5 Å². The van der Waals surface area contributed by atoms with Gasteiger partial charge in [-0.25, -0.2) is 0 Å². The van der Waals surface area contributed by atoms with Crippen LogP contribution in [0.4, 0.5) is 10.8 Å². The first-order chi connectivity index (χ1) is 14.6. The van der Waals surface area contributed by atoms with E-state index in [4.69, 9.17) is 21.1 Å². The van der Waals surface area contributed by atoms with Gasteiger partial charge in [0.15, 0.2) is 5.01 Å². The van der Waals surface area contributed by atoms with Gasteiger partial charge >= 0.3 is 0 Å². The Kier molecular flexibility index (Phi) is 6.41. The molecule has 3 aromatic rings. The summed E-state index contributed by atoms with van der Waals surface area (Å²) >= 11 is 7.13. The zero-order valence-corrected chi connectivity index (χ0v) is 17.9. The molecule has 0 radical (unpaired) electrons. The van der Waals surface area contributed by atoms with Crippen molar-refractivity contribution in [1.82, 2.24) is 15.2 Å². The molecule has 4 rings (SSSR count). The normalized spacial score (nSPS) is 13.9. The quantitative estimate of drug-likeness (QED) is 0.620. The van der Waals surface area contributed by atoms with Crippen LogP contribution < -0.4 is 15.0 Å². The standard InChI is InChI=1S/C20H20ClN5O3S/c1-13-10-17(26-6-8-28-9-7-26)16(11-22-13)19(27)23-20-25-24-18(30-20)12-29-15-4-2-14(21)3-5-15/h2-5,10-11H,6-9,12H2,1H3,(H,23,25,27). The summed E-state index contributed by atoms with van der Waals surface area (Å²) in [6.07, 6.45) is 1.60. The lowest BCUT2D eigenvalue weighted by molar-refractivity contribution is 0.102. The Morgan fingerprint density at radius 2 is 2.03 bits per heavy atom. The van der Waals surface area contributed by atoms with Crippen molar-refractivity contribution in [2.75, 3.05) is 36.5 Å². The summed E-state index contributed by atoms with van der Waals surface area (Å²) < 4.78 is 11.1. The van der Waals surface area contributed by atoms with E-state index < -0.39 is 0 Å². The highest BCUT2D eigenvalue weighted by atomic mass is 35.5. The summed E-state index contributed by atoms with van der Waals surface area (Å²) in [5.74, 6) is 0.409. The van der Waals surface area contributed by atoms with Gasteiger partial charge in [-0.15, -0.1) is 10.2 Å². The predicted octanol–water partition coefficient (Wildman–Crippen LogP) is 3.56. The second-order valence-corrected chi connectivity index (χ2v) is 8.14. The number of carbonyl (C=O) groups excluding carboxylic acids is 1. The van der Waals surface area contributed by atoms with Gasteiger partial charge in [-0.05, 0) is 37.3 Å². The lowest BCUT2D eigenvalue weighted by Gasteiger charge is -2.30. The van der Waals surface area contributed by atoms with Crippen LogP contribution in [0.2, 0.25) is 5.02 Å². The molecular weight excluding hydrogens is 426 g/mol. The zero-order valence-electron chi connectivity index (χ0n) is 16.3. The highest BCUT2D eigenvalue weighted by molar-refractivity contribution is 7.15. The average molecular weight is 446 g/mol. The number of hydrogen-bond donors (Lipinski definition) is 1. The first-order valence-corrected chi connectivity index (χ1v) is 10.6. The van der Waals surface area contributed by atoms with Gasteiger partial charge in [0.25, 0.3) is 5.91 Å². The minimum absolute atomic E-state index is 0.250. The highest BCUT2D eigenvalue weighted by Crippen LogP contribution is 2.25. The Bertz CT molecular complexity index is 1020. The second kappa shape index (κ2) is 9.38. The van der Waals surface area contributed by atoms with E-state index in [0.717, 1.165) is 24.5 Å². The van der Waals surface area contributed by atoms with Gasteiger partial charge in [-0.3, -0.25) is 15.1 Å². The molecule has 30 heavy (non-hydrogen) atoms. The maximum absolute atomic E-state index is 12.9. The maximum Gasteiger partial charge on any atom is 0.261 e. The fourth-order valence-electron chi connectivity index (χ4n) is 2.99. The lowest BCUT2D eigenvalue weighted by atomic mass is 10.1. The summed E-state index contributed by atoms with van der Waals surface area (Å²) in [5.41, 5.74) is 2.20. The molecule has 1 saturated heterocycles. The number of ether oxygens (including phenoxy) is 2. The number of pyridine rings is 1. The number of benzene rings is 1. The number of amides is 1. The third-order valence-electron chi connectivity index (χ3n) is 4.48. The molecule has 1 N–H and O–H groups in total. The minimum Gasteiger partial charge on any atom is -0.486 e. The Morgan fingerprint density at radius 1 is 1.27 bits per heavy atom. The molecular formula is C20H20ClN5O3S. The van der Waals surface area contributed by atoms with E-state index in [1.54, 1.807) is 30.5 Å². The monoisotopic (exact) mass is 445 g/mol. The lowest BCUT2D eigenvalue weighted by Crippen LogP contribution is -2.37. The Labute approximate surface area is 182 Å². The Hall–Kier alpha value is -2.75. The summed E-state index contributed by atoms with van der Waals surface area (Å²) in [5, 5.41) is 12.6. The van der Waals surface area contributed by atoms with Gasteiger partial charge in [-0.1, -0.05) is 22.9 Å². The van der Waals surface area contributed by atoms with Crippen LogP contribution >= 0.6 is 22.9 Å². The van der Waals surface area contributed by atoms with Crippen LogP contribution in [0.1, 0.15) is 21.1 Å². The SMILES string of the molecule is Cc1cc(N2CCOCC2)c(C(=O)Nc2nnc(COc3ccc(Cl)cc3)s2)cn1. The van der Waals surface area contributed by atoms with Crippen LogP contribution in [0.15, 0.2) is 36.5 Å². The topological polar surface area (TPSA) is 89.5 Å². The molecule has 2 aromatic heterocycles. The Morgan fingerprint density at radius 3 is 2.80 bits per heavy atom. The smallest absolute Gasteiger partial charge is 0.261 e. The number of anilines is 2. The second-order valence-electron chi connectivity index (χ2n) is 6.64. The minimum atomic E-state index is -0.273. The number of halogens is 1. The summed E-state index contributed by atoms with van der Waals surface area (Å²) in [6.45, 7) is 4.89. The first-order valence-electron chi connectivity index (χ1n) is 9.40. The van der Waals surface area contributed by atoms with Crippen LogP contribution in [0.5, 0.6) is 5.75 Å². The molecule has 10 heteroatoms. The predicted molar refractivity (Wildman–Crippen MR) is 116 cm³/mol. The van der Waals surface area contributed by atoms with Crippen LogP contribution in [-0.4, -0.2) is 47.4 Å². The molecule has 1 aliphatic heterocycles. The molecule has 0 atom stereocenters. The number of carbonyl (C=O) groups is 1. The van der Waals surface area contributed by atoms with Crippen molar-refractivity contribution in [2.24, 2.45) is 0 Å². The van der Waals surface area contributed by atoms with E-state index in [0.29, 0.717) is 39.7 Å². The van der Waals surface area contributed by atoms with Crippen LogP contribution in [0.3, 0.4) is 0 Å². The highest BCUT2D eigenvalue weighted by Gasteiger charge is 2.21. The van der Waals surface area contributed by atoms with Gasteiger partial charge in [0, 0.05) is 30.0 Å². The average Bonchev–Trinajstić information content (AvgIpc) is 3.21. The number of nitrogens with one attached hydrogen (secondary N) is 1. The van der Waals surface area contributed by atoms with Gasteiger partial charge in [0.2, 0.25) is 5.13 Å². The number of morpholine rings is 1. The van der Waals surface area contributed by atoms with E-state index in [1.807, 2.05) is 13.0 Å². The van der Waals surface area contributed by atoms with E-state index in [9.17, 15) is 4.79 Å².